The highest BCUT2D eigenvalue weighted by molar-refractivity contribution is 5.29. The molecule has 0 N–H and O–H groups in total. The van der Waals surface area contributed by atoms with Gasteiger partial charge in [0.25, 0.3) is 0 Å². The molecule has 3 saturated carbocycles. The van der Waals surface area contributed by atoms with E-state index in [1.807, 2.05) is 0 Å². The molecule has 0 aliphatic heterocycles. The molecule has 0 nitrogen and oxygen atoms in total. The van der Waals surface area contributed by atoms with Crippen LogP contribution in [0.2, 0.25) is 0 Å². The highest BCUT2D eigenvalue weighted by Gasteiger charge is 2.67. The standard InChI is InChI=1S/C14H16/c1-2-8-5-7(1)11-12(8)14-10-4-3-9(6-10)13(11)14/h1-4,7-14H,5-6H2/t7-,8+,9+,10-,11?,12?,13?,14?. The maximum absolute atomic E-state index is 2.54. The Bertz CT molecular complexity index is 288. The largest absolute Gasteiger partial charge is 0.0848 e. The highest BCUT2D eigenvalue weighted by Crippen LogP contribution is 2.72. The minimum Gasteiger partial charge on any atom is -0.0848 e. The fourth-order valence-corrected chi connectivity index (χ4v) is 5.82. The second-order valence-electron chi connectivity index (χ2n) is 6.21. The lowest BCUT2D eigenvalue weighted by Crippen LogP contribution is -2.50. The Hall–Kier alpha value is -0.520. The second-order valence-corrected chi connectivity index (χ2v) is 6.21. The molecule has 5 aliphatic rings. The van der Waals surface area contributed by atoms with Crippen molar-refractivity contribution < 1.29 is 0 Å². The SMILES string of the molecule is C1=C[C@H]2C[C@@H]1C1C2C2C1[C@H]1C=C[C@@H]2C1. The molecule has 0 aromatic heterocycles. The van der Waals surface area contributed by atoms with Gasteiger partial charge in [0.05, 0.1) is 0 Å². The Balaban J connectivity index is 1.64. The van der Waals surface area contributed by atoms with Crippen LogP contribution in [0.1, 0.15) is 12.8 Å². The van der Waals surface area contributed by atoms with Crippen LogP contribution < -0.4 is 0 Å². The van der Waals surface area contributed by atoms with Gasteiger partial charge in [-0.05, 0) is 60.2 Å². The van der Waals surface area contributed by atoms with Crippen LogP contribution in [0.3, 0.4) is 0 Å². The van der Waals surface area contributed by atoms with Crippen LogP contribution in [0.4, 0.5) is 0 Å². The van der Waals surface area contributed by atoms with E-state index in [1.165, 1.54) is 12.8 Å². The van der Waals surface area contributed by atoms with Crippen molar-refractivity contribution in [3.63, 3.8) is 0 Å². The average molecular weight is 184 g/mol. The number of fused-ring (bicyclic) bond motifs is 12. The van der Waals surface area contributed by atoms with Gasteiger partial charge in [0.2, 0.25) is 0 Å². The molecule has 3 fully saturated rings. The molecule has 0 amide bonds. The van der Waals surface area contributed by atoms with Crippen LogP contribution >= 0.6 is 0 Å². The van der Waals surface area contributed by atoms with Gasteiger partial charge in [-0.15, -0.1) is 0 Å². The number of rotatable bonds is 0. The van der Waals surface area contributed by atoms with Crippen molar-refractivity contribution >= 4 is 0 Å². The summed E-state index contributed by atoms with van der Waals surface area (Å²) in [6.45, 7) is 0. The van der Waals surface area contributed by atoms with E-state index in [0.29, 0.717) is 0 Å². The smallest absolute Gasteiger partial charge is 0.0193 e. The average Bonchev–Trinajstić information content (AvgIpc) is 2.82. The molecule has 0 heteroatoms. The summed E-state index contributed by atoms with van der Waals surface area (Å²) < 4.78 is 0. The topological polar surface area (TPSA) is 0 Å². The molecule has 72 valence electrons. The molecule has 0 atom stereocenters. The molecule has 0 unspecified atom stereocenters. The third-order valence-corrected chi connectivity index (χ3v) is 6.05. The van der Waals surface area contributed by atoms with E-state index in [0.717, 1.165) is 47.3 Å². The van der Waals surface area contributed by atoms with E-state index >= 15 is 0 Å². The Labute approximate surface area is 85.1 Å². The third kappa shape index (κ3) is 0.515. The first-order valence-electron chi connectivity index (χ1n) is 6.30. The van der Waals surface area contributed by atoms with Gasteiger partial charge in [0.1, 0.15) is 0 Å². The Morgan fingerprint density at radius 2 is 0.786 bits per heavy atom. The van der Waals surface area contributed by atoms with Crippen molar-refractivity contribution in [2.45, 2.75) is 12.8 Å². The van der Waals surface area contributed by atoms with Crippen LogP contribution in [0.5, 0.6) is 0 Å². The fourth-order valence-electron chi connectivity index (χ4n) is 5.82. The molecule has 0 aromatic rings. The molecule has 0 spiro atoms. The van der Waals surface area contributed by atoms with E-state index in [9.17, 15) is 0 Å². The highest BCUT2D eigenvalue weighted by atomic mass is 14.7. The fraction of sp³-hybridized carbons (Fsp3) is 0.714. The molecular formula is C14H16. The van der Waals surface area contributed by atoms with E-state index in [-0.39, 0.29) is 0 Å². The first-order valence-corrected chi connectivity index (χ1v) is 6.30. The van der Waals surface area contributed by atoms with E-state index < -0.39 is 0 Å². The van der Waals surface area contributed by atoms with Crippen molar-refractivity contribution in [2.75, 3.05) is 0 Å². The van der Waals surface area contributed by atoms with Crippen molar-refractivity contribution in [3.05, 3.63) is 24.3 Å². The van der Waals surface area contributed by atoms with Gasteiger partial charge >= 0.3 is 0 Å². The molecule has 4 bridgehead atoms. The molecule has 0 aromatic carbocycles. The Morgan fingerprint density at radius 1 is 0.500 bits per heavy atom. The Kier molecular flexibility index (Phi) is 0.929. The monoisotopic (exact) mass is 184 g/mol. The van der Waals surface area contributed by atoms with Gasteiger partial charge in [-0.3, -0.25) is 0 Å². The zero-order valence-electron chi connectivity index (χ0n) is 8.34. The second kappa shape index (κ2) is 1.89. The van der Waals surface area contributed by atoms with Gasteiger partial charge in [0, 0.05) is 0 Å². The quantitative estimate of drug-likeness (QED) is 0.508. The summed E-state index contributed by atoms with van der Waals surface area (Å²) in [5, 5.41) is 0. The molecule has 5 rings (SSSR count). The molecular weight excluding hydrogens is 168 g/mol. The Morgan fingerprint density at radius 3 is 1.07 bits per heavy atom. The summed E-state index contributed by atoms with van der Waals surface area (Å²) >= 11 is 0. The van der Waals surface area contributed by atoms with Gasteiger partial charge in [-0.25, -0.2) is 0 Å². The maximum Gasteiger partial charge on any atom is -0.0193 e. The lowest BCUT2D eigenvalue weighted by Gasteiger charge is -2.54. The van der Waals surface area contributed by atoms with Gasteiger partial charge in [-0.2, -0.15) is 0 Å². The first kappa shape index (κ1) is 6.87. The van der Waals surface area contributed by atoms with Crippen LogP contribution in [0.15, 0.2) is 24.3 Å². The predicted octanol–water partition coefficient (Wildman–Crippen LogP) is 2.88. The normalized spacial score (nSPS) is 69.7. The van der Waals surface area contributed by atoms with Crippen molar-refractivity contribution in [2.24, 2.45) is 47.3 Å². The van der Waals surface area contributed by atoms with Gasteiger partial charge in [0.15, 0.2) is 0 Å². The summed E-state index contributed by atoms with van der Waals surface area (Å²) in [7, 11) is 0. The molecule has 0 radical (unpaired) electrons. The van der Waals surface area contributed by atoms with E-state index in [4.69, 9.17) is 0 Å². The van der Waals surface area contributed by atoms with Crippen LogP contribution in [0.25, 0.3) is 0 Å². The summed E-state index contributed by atoms with van der Waals surface area (Å²) in [5.74, 6) is 8.48. The number of hydrogen-bond acceptors (Lipinski definition) is 0. The maximum atomic E-state index is 2.54. The first-order chi connectivity index (χ1) is 6.93. The summed E-state index contributed by atoms with van der Waals surface area (Å²) in [4.78, 5) is 0. The molecule has 14 heavy (non-hydrogen) atoms. The zero-order chi connectivity index (χ0) is 8.86. The van der Waals surface area contributed by atoms with E-state index in [1.54, 1.807) is 0 Å². The van der Waals surface area contributed by atoms with E-state index in [2.05, 4.69) is 24.3 Å². The lowest BCUT2D eigenvalue weighted by atomic mass is 9.50. The number of hydrogen-bond donors (Lipinski definition) is 0. The summed E-state index contributed by atoms with van der Waals surface area (Å²) in [6.07, 6.45) is 13.2. The van der Waals surface area contributed by atoms with Crippen molar-refractivity contribution in [3.8, 4) is 0 Å². The summed E-state index contributed by atoms with van der Waals surface area (Å²) in [6, 6.07) is 0. The summed E-state index contributed by atoms with van der Waals surface area (Å²) in [5.41, 5.74) is 0. The molecule has 5 aliphatic carbocycles. The van der Waals surface area contributed by atoms with Crippen LogP contribution in [0, 0.1) is 47.3 Å². The third-order valence-electron chi connectivity index (χ3n) is 6.05. The molecule has 0 saturated heterocycles. The van der Waals surface area contributed by atoms with Gasteiger partial charge in [-0.1, -0.05) is 24.3 Å². The zero-order valence-corrected chi connectivity index (χ0v) is 8.34. The lowest BCUT2D eigenvalue weighted by molar-refractivity contribution is -0.0372. The number of allylic oxidation sites excluding steroid dienone is 4. The minimum absolute atomic E-state index is 0.999. The minimum atomic E-state index is 0.999. The van der Waals surface area contributed by atoms with Gasteiger partial charge < -0.3 is 0 Å². The predicted molar refractivity (Wildman–Crippen MR) is 55.4 cm³/mol. The van der Waals surface area contributed by atoms with Crippen molar-refractivity contribution in [1.29, 1.82) is 0 Å². The van der Waals surface area contributed by atoms with Crippen molar-refractivity contribution in [1.82, 2.24) is 0 Å². The van der Waals surface area contributed by atoms with Crippen LogP contribution in [-0.2, 0) is 0 Å². The van der Waals surface area contributed by atoms with Crippen LogP contribution in [-0.4, -0.2) is 0 Å². The molecule has 0 heterocycles.